The minimum absolute atomic E-state index is 0.0146. The van der Waals surface area contributed by atoms with Crippen LogP contribution in [0.15, 0.2) is 97.1 Å². The number of esters is 4. The molecule has 1 aliphatic heterocycles. The van der Waals surface area contributed by atoms with Gasteiger partial charge in [-0.1, -0.05) is 93.6 Å². The Morgan fingerprint density at radius 1 is 0.574 bits per heavy atom. The summed E-state index contributed by atoms with van der Waals surface area (Å²) in [6.07, 6.45) is 3.89. The highest BCUT2D eigenvalue weighted by Crippen LogP contribution is 2.68. The maximum atomic E-state index is 13.9. The van der Waals surface area contributed by atoms with E-state index >= 15 is 0 Å². The Morgan fingerprint density at radius 2 is 1.03 bits per heavy atom. The first kappa shape index (κ1) is 43.8. The van der Waals surface area contributed by atoms with E-state index in [9.17, 15) is 19.2 Å². The number of carbonyl (C=O) groups is 4. The minimum Gasteiger partial charge on any atom is -0.462 e. The monoisotopic (exact) mass is 828 g/mol. The van der Waals surface area contributed by atoms with E-state index < -0.39 is 52.0 Å². The third-order valence-corrected chi connectivity index (χ3v) is 14.7. The van der Waals surface area contributed by atoms with E-state index in [0.717, 1.165) is 35.1 Å². The first-order valence-corrected chi connectivity index (χ1v) is 21.8. The molecule has 2 aliphatic carbocycles. The highest BCUT2D eigenvalue weighted by molar-refractivity contribution is 5.92. The molecule has 3 fully saturated rings. The zero-order chi connectivity index (χ0) is 43.6. The quantitative estimate of drug-likeness (QED) is 0.102. The molecule has 0 radical (unpaired) electrons. The smallest absolute Gasteiger partial charge is 0.338 e. The summed E-state index contributed by atoms with van der Waals surface area (Å²) < 4.78 is 32.4. The fourth-order valence-electron chi connectivity index (χ4n) is 11.0. The van der Waals surface area contributed by atoms with Crippen LogP contribution >= 0.6 is 0 Å². The molecule has 0 amide bonds. The molecule has 0 aromatic heterocycles. The lowest BCUT2D eigenvalue weighted by atomic mass is 9.43. The van der Waals surface area contributed by atoms with Crippen LogP contribution < -0.4 is 0 Å². The topological polar surface area (TPSA) is 114 Å². The lowest BCUT2D eigenvalue weighted by molar-refractivity contribution is -0.271. The molecule has 1 unspecified atom stereocenters. The van der Waals surface area contributed by atoms with E-state index in [1.807, 2.05) is 100 Å². The molecule has 4 aromatic carbocycles. The molecule has 0 bridgehead atoms. The van der Waals surface area contributed by atoms with Gasteiger partial charge in [-0.25, -0.2) is 19.2 Å². The van der Waals surface area contributed by atoms with Crippen molar-refractivity contribution >= 4 is 23.9 Å². The van der Waals surface area contributed by atoms with Crippen molar-refractivity contribution in [3.05, 3.63) is 142 Å². The molecule has 3 aliphatic rings. The normalized spacial score (nSPS) is 28.1. The van der Waals surface area contributed by atoms with Gasteiger partial charge in [0.2, 0.25) is 0 Å². The second kappa shape index (κ2) is 17.6. The number of hydrogen-bond donors (Lipinski definition) is 0. The van der Waals surface area contributed by atoms with Gasteiger partial charge in [0.25, 0.3) is 0 Å². The third-order valence-electron chi connectivity index (χ3n) is 14.7. The summed E-state index contributed by atoms with van der Waals surface area (Å²) in [5.41, 5.74) is 2.40. The van der Waals surface area contributed by atoms with Gasteiger partial charge >= 0.3 is 23.9 Å². The Hall–Kier alpha value is -5.28. The number of benzene rings is 4. The number of carbonyl (C=O) groups excluding carboxylic acids is 4. The maximum Gasteiger partial charge on any atom is 0.338 e. The number of hydrogen-bond acceptors (Lipinski definition) is 9. The molecule has 2 saturated carbocycles. The molecule has 4 aromatic rings. The van der Waals surface area contributed by atoms with Crippen molar-refractivity contribution in [2.75, 3.05) is 19.8 Å². The Labute approximate surface area is 360 Å². The highest BCUT2D eigenvalue weighted by Gasteiger charge is 2.70. The van der Waals surface area contributed by atoms with Crippen LogP contribution in [0, 0.1) is 50.4 Å². The predicted octanol–water partition coefficient (Wildman–Crippen LogP) is 10.5. The first-order valence-electron chi connectivity index (χ1n) is 21.8. The van der Waals surface area contributed by atoms with Crippen molar-refractivity contribution in [3.8, 4) is 0 Å². The van der Waals surface area contributed by atoms with Crippen LogP contribution in [-0.4, -0.2) is 61.0 Å². The van der Waals surface area contributed by atoms with Crippen LogP contribution in [-0.2, 0) is 23.7 Å². The number of ether oxygens (including phenoxy) is 5. The molecule has 7 rings (SSSR count). The van der Waals surface area contributed by atoms with Crippen LogP contribution in [0.2, 0.25) is 0 Å². The molecule has 1 saturated heterocycles. The second-order valence-corrected chi connectivity index (χ2v) is 18.4. The molecule has 9 heteroatoms. The van der Waals surface area contributed by atoms with Gasteiger partial charge in [0.1, 0.15) is 24.9 Å². The summed E-state index contributed by atoms with van der Waals surface area (Å²) in [5.74, 6) is -1.63. The number of rotatable bonds is 12. The van der Waals surface area contributed by atoms with Gasteiger partial charge in [-0.3, -0.25) is 0 Å². The van der Waals surface area contributed by atoms with Crippen molar-refractivity contribution in [2.24, 2.45) is 22.7 Å². The molecule has 61 heavy (non-hydrogen) atoms. The third kappa shape index (κ3) is 8.38. The van der Waals surface area contributed by atoms with E-state index in [-0.39, 0.29) is 31.7 Å². The van der Waals surface area contributed by atoms with E-state index in [0.29, 0.717) is 54.4 Å². The van der Waals surface area contributed by atoms with Crippen molar-refractivity contribution in [3.63, 3.8) is 0 Å². The molecule has 7 atom stereocenters. The van der Waals surface area contributed by atoms with Crippen LogP contribution in [0.25, 0.3) is 0 Å². The summed E-state index contributed by atoms with van der Waals surface area (Å²) in [6.45, 7) is 14.3. The zero-order valence-electron chi connectivity index (χ0n) is 36.7. The number of aryl methyl sites for hydroxylation is 4. The van der Waals surface area contributed by atoms with Crippen LogP contribution in [0.3, 0.4) is 0 Å². The Kier molecular flexibility index (Phi) is 12.6. The molecule has 0 N–H and O–H groups in total. The lowest BCUT2D eigenvalue weighted by Gasteiger charge is -2.65. The van der Waals surface area contributed by atoms with Crippen molar-refractivity contribution < 1.29 is 42.9 Å². The summed E-state index contributed by atoms with van der Waals surface area (Å²) >= 11 is 0. The zero-order valence-corrected chi connectivity index (χ0v) is 36.7. The van der Waals surface area contributed by atoms with Gasteiger partial charge in [0.15, 0.2) is 0 Å². The van der Waals surface area contributed by atoms with Crippen molar-refractivity contribution in [2.45, 2.75) is 111 Å². The van der Waals surface area contributed by atoms with Gasteiger partial charge < -0.3 is 23.7 Å². The predicted molar refractivity (Wildman–Crippen MR) is 233 cm³/mol. The van der Waals surface area contributed by atoms with Crippen molar-refractivity contribution in [1.82, 2.24) is 0 Å². The summed E-state index contributed by atoms with van der Waals surface area (Å²) in [5, 5.41) is 0. The second-order valence-electron chi connectivity index (χ2n) is 18.4. The maximum absolute atomic E-state index is 13.9. The van der Waals surface area contributed by atoms with E-state index in [1.165, 1.54) is 0 Å². The van der Waals surface area contributed by atoms with Crippen LogP contribution in [0.4, 0.5) is 0 Å². The Balaban J connectivity index is 1.21. The van der Waals surface area contributed by atoms with E-state index in [4.69, 9.17) is 23.7 Å². The average molecular weight is 829 g/mol. The van der Waals surface area contributed by atoms with Gasteiger partial charge in [-0.05, 0) is 125 Å². The fraction of sp³-hybridized carbons (Fsp3) is 0.462. The van der Waals surface area contributed by atoms with Crippen LogP contribution in [0.5, 0.6) is 0 Å². The Morgan fingerprint density at radius 3 is 1.54 bits per heavy atom. The standard InChI is InChI=1S/C52H60O9/c1-34-16-8-12-20-39(34)45(53)57-31-30-51(33-59-47(55)41-22-14-10-18-36(41)3)28-29-52(61-51)38(5)24-25-43-49(6,32-58-46(54)40-21-13-9-17-35(40)2)44(26-27-50(43,52)7)60-48(56)42-23-15-11-19-37(42)4/h8-23,38,43-44H,24-33H2,1-7H3/t38-,43?,44+,49+,50+,51+,52-/m1/s1. The Bertz CT molecular complexity index is 2280. The van der Waals surface area contributed by atoms with Crippen molar-refractivity contribution in [1.29, 1.82) is 0 Å². The lowest BCUT2D eigenvalue weighted by Crippen LogP contribution is -2.67. The SMILES string of the molecule is Cc1ccccc1C(=O)OCC[C@]1(COC(=O)c2ccccc2C)CC[C@@]2(O1)[C@H](C)CCC1[C@](C)(COC(=O)c3ccccc3C)[C@@H](OC(=O)c3ccccc3C)CC[C@@]12C. The summed E-state index contributed by atoms with van der Waals surface area (Å²) in [7, 11) is 0. The van der Waals surface area contributed by atoms with Gasteiger partial charge in [0.05, 0.1) is 34.5 Å². The summed E-state index contributed by atoms with van der Waals surface area (Å²) in [6, 6.07) is 29.5. The molecule has 1 spiro atoms. The molecular weight excluding hydrogens is 769 g/mol. The fourth-order valence-corrected chi connectivity index (χ4v) is 11.0. The van der Waals surface area contributed by atoms with Gasteiger partial charge in [-0.15, -0.1) is 0 Å². The molecule has 322 valence electrons. The summed E-state index contributed by atoms with van der Waals surface area (Å²) in [4.78, 5) is 54.6. The van der Waals surface area contributed by atoms with Gasteiger partial charge in [0, 0.05) is 17.3 Å². The van der Waals surface area contributed by atoms with E-state index in [1.54, 1.807) is 24.3 Å². The average Bonchev–Trinajstić information content (AvgIpc) is 3.64. The number of fused-ring (bicyclic) bond motifs is 2. The molecule has 9 nitrogen and oxygen atoms in total. The van der Waals surface area contributed by atoms with Gasteiger partial charge in [-0.2, -0.15) is 0 Å². The van der Waals surface area contributed by atoms with E-state index in [2.05, 4.69) is 20.8 Å². The molecular formula is C52H60O9. The minimum atomic E-state index is -0.953. The largest absolute Gasteiger partial charge is 0.462 e. The highest BCUT2D eigenvalue weighted by atomic mass is 16.6. The first-order chi connectivity index (χ1) is 29.1. The van der Waals surface area contributed by atoms with Crippen LogP contribution in [0.1, 0.15) is 129 Å². The molecule has 1 heterocycles.